The van der Waals surface area contributed by atoms with E-state index in [9.17, 15) is 19.2 Å². The van der Waals surface area contributed by atoms with E-state index in [1.54, 1.807) is 25.3 Å². The monoisotopic (exact) mass is 486 g/mol. The van der Waals surface area contributed by atoms with Crippen LogP contribution in [0, 0.1) is 0 Å². The van der Waals surface area contributed by atoms with Crippen molar-refractivity contribution in [1.29, 1.82) is 0 Å². The quantitative estimate of drug-likeness (QED) is 0.445. The number of amides is 3. The van der Waals surface area contributed by atoms with Crippen molar-refractivity contribution >= 4 is 40.0 Å². The maximum atomic E-state index is 13.3. The molecule has 1 fully saturated rings. The Balaban J connectivity index is 1.75. The maximum Gasteiger partial charge on any atom is 0.307 e. The number of hydrogen-bond acceptors (Lipinski definition) is 8. The molecule has 9 nitrogen and oxygen atoms in total. The number of esters is 1. The number of thiophene rings is 1. The summed E-state index contributed by atoms with van der Waals surface area (Å²) in [5.41, 5.74) is 1.02. The van der Waals surface area contributed by atoms with Gasteiger partial charge in [0.15, 0.2) is 11.5 Å². The first-order valence-corrected chi connectivity index (χ1v) is 11.9. The number of benzene rings is 1. The van der Waals surface area contributed by atoms with Crippen molar-refractivity contribution < 1.29 is 33.4 Å². The van der Waals surface area contributed by atoms with Gasteiger partial charge in [-0.2, -0.15) is 0 Å². The lowest BCUT2D eigenvalue weighted by Crippen LogP contribution is -2.32. The Morgan fingerprint density at radius 1 is 1.09 bits per heavy atom. The van der Waals surface area contributed by atoms with Gasteiger partial charge in [-0.15, -0.1) is 11.3 Å². The van der Waals surface area contributed by atoms with Crippen LogP contribution >= 0.6 is 11.3 Å². The molecule has 180 valence electrons. The molecule has 2 aromatic rings. The first-order chi connectivity index (χ1) is 16.3. The second-order valence-electron chi connectivity index (χ2n) is 8.17. The Morgan fingerprint density at radius 2 is 1.79 bits per heavy atom. The third-order valence-corrected chi connectivity index (χ3v) is 7.06. The molecule has 0 saturated heterocycles. The Kier molecular flexibility index (Phi) is 6.87. The summed E-state index contributed by atoms with van der Waals surface area (Å²) in [6.07, 6.45) is 4.15. The zero-order chi connectivity index (χ0) is 24.4. The van der Waals surface area contributed by atoms with Crippen LogP contribution in [0.5, 0.6) is 11.5 Å². The highest BCUT2D eigenvalue weighted by Gasteiger charge is 2.42. The minimum absolute atomic E-state index is 0.102. The van der Waals surface area contributed by atoms with Gasteiger partial charge in [-0.3, -0.25) is 24.1 Å². The summed E-state index contributed by atoms with van der Waals surface area (Å²) in [4.78, 5) is 51.3. The van der Waals surface area contributed by atoms with Crippen LogP contribution in [0.1, 0.15) is 59.7 Å². The number of nitrogens with one attached hydrogen (secondary N) is 1. The zero-order valence-electron chi connectivity index (χ0n) is 19.3. The fraction of sp³-hybridized carbons (Fsp3) is 0.417. The number of imide groups is 1. The Bertz CT molecular complexity index is 1150. The minimum atomic E-state index is -0.550. The number of fused-ring (bicyclic) bond motifs is 1. The lowest BCUT2D eigenvalue weighted by molar-refractivity contribution is -0.140. The highest BCUT2D eigenvalue weighted by molar-refractivity contribution is 7.20. The molecule has 1 aliphatic carbocycles. The van der Waals surface area contributed by atoms with Crippen LogP contribution in [0.4, 0.5) is 5.00 Å². The Morgan fingerprint density at radius 3 is 2.44 bits per heavy atom. The van der Waals surface area contributed by atoms with Gasteiger partial charge in [-0.05, 0) is 49.4 Å². The molecule has 2 heterocycles. The van der Waals surface area contributed by atoms with E-state index in [2.05, 4.69) is 10.1 Å². The summed E-state index contributed by atoms with van der Waals surface area (Å²) in [5.74, 6) is -0.806. The number of hydrogen-bond donors (Lipinski definition) is 1. The first kappa shape index (κ1) is 23.7. The molecule has 1 N–H and O–H groups in total. The molecule has 3 amide bonds. The van der Waals surface area contributed by atoms with Gasteiger partial charge in [0.25, 0.3) is 11.8 Å². The standard InChI is InChI=1S/C24H26N2O7S/c1-13(27)25-22-20-19(23(29)26(24(20)30)11-10-18(28)32-3)21(34-22)14-8-9-16(31-2)17(12-14)33-15-6-4-5-7-15/h8-9,12,15H,4-7,10-11H2,1-3H3,(H,25,27). The molecule has 10 heteroatoms. The predicted molar refractivity (Wildman–Crippen MR) is 125 cm³/mol. The Hall–Kier alpha value is -3.40. The van der Waals surface area contributed by atoms with E-state index in [1.807, 2.05) is 0 Å². The third-order valence-electron chi connectivity index (χ3n) is 5.90. The van der Waals surface area contributed by atoms with Gasteiger partial charge in [-0.1, -0.05) is 0 Å². The number of ether oxygens (including phenoxy) is 3. The Labute approximate surface area is 201 Å². The van der Waals surface area contributed by atoms with Gasteiger partial charge in [0.2, 0.25) is 5.91 Å². The van der Waals surface area contributed by atoms with Gasteiger partial charge in [0.1, 0.15) is 5.00 Å². The van der Waals surface area contributed by atoms with Crippen molar-refractivity contribution in [2.75, 3.05) is 26.1 Å². The molecule has 0 unspecified atom stereocenters. The fourth-order valence-electron chi connectivity index (χ4n) is 4.26. The predicted octanol–water partition coefficient (Wildman–Crippen LogP) is 3.86. The van der Waals surface area contributed by atoms with Crippen LogP contribution in [0.3, 0.4) is 0 Å². The van der Waals surface area contributed by atoms with Crippen molar-refractivity contribution in [3.63, 3.8) is 0 Å². The van der Waals surface area contributed by atoms with Gasteiger partial charge in [0.05, 0.1) is 42.7 Å². The van der Waals surface area contributed by atoms with Gasteiger partial charge in [0, 0.05) is 13.5 Å². The van der Waals surface area contributed by atoms with Crippen molar-refractivity contribution in [2.24, 2.45) is 0 Å². The van der Waals surface area contributed by atoms with Crippen LogP contribution in [-0.2, 0) is 14.3 Å². The first-order valence-electron chi connectivity index (χ1n) is 11.1. The molecular formula is C24H26N2O7S. The van der Waals surface area contributed by atoms with Crippen LogP contribution in [0.2, 0.25) is 0 Å². The molecule has 0 radical (unpaired) electrons. The number of nitrogens with zero attached hydrogens (tertiary/aromatic N) is 1. The number of carbonyl (C=O) groups is 4. The normalized spacial score (nSPS) is 15.4. The SMILES string of the molecule is COC(=O)CCN1C(=O)c2c(NC(C)=O)sc(-c3ccc(OC)c(OC4CCCC4)c3)c2C1=O. The number of anilines is 1. The largest absolute Gasteiger partial charge is 0.493 e. The highest BCUT2D eigenvalue weighted by atomic mass is 32.1. The van der Waals surface area contributed by atoms with Crippen LogP contribution in [0.25, 0.3) is 10.4 Å². The van der Waals surface area contributed by atoms with E-state index < -0.39 is 17.8 Å². The number of rotatable bonds is 8. The molecule has 1 aromatic heterocycles. The third kappa shape index (κ3) is 4.50. The van der Waals surface area contributed by atoms with Gasteiger partial charge in [-0.25, -0.2) is 0 Å². The maximum absolute atomic E-state index is 13.3. The van der Waals surface area contributed by atoms with Gasteiger partial charge >= 0.3 is 5.97 Å². The molecule has 2 aliphatic rings. The molecule has 1 aliphatic heterocycles. The zero-order valence-corrected chi connectivity index (χ0v) is 20.1. The average Bonchev–Trinajstić information content (AvgIpc) is 3.51. The lowest BCUT2D eigenvalue weighted by atomic mass is 10.1. The lowest BCUT2D eigenvalue weighted by Gasteiger charge is -2.17. The molecule has 1 saturated carbocycles. The van der Waals surface area contributed by atoms with Crippen molar-refractivity contribution in [3.05, 3.63) is 29.3 Å². The average molecular weight is 487 g/mol. The van der Waals surface area contributed by atoms with Crippen LogP contribution in [-0.4, -0.2) is 55.5 Å². The van der Waals surface area contributed by atoms with E-state index in [4.69, 9.17) is 9.47 Å². The molecule has 1 aromatic carbocycles. The summed E-state index contributed by atoms with van der Waals surface area (Å²) in [5, 5.41) is 2.97. The second kappa shape index (κ2) is 9.84. The smallest absolute Gasteiger partial charge is 0.307 e. The van der Waals surface area contributed by atoms with E-state index >= 15 is 0 Å². The summed E-state index contributed by atoms with van der Waals surface area (Å²) < 4.78 is 16.3. The van der Waals surface area contributed by atoms with E-state index in [0.29, 0.717) is 26.9 Å². The number of carbonyl (C=O) groups excluding carboxylic acids is 4. The summed E-state index contributed by atoms with van der Waals surface area (Å²) in [6.45, 7) is 1.23. The molecule has 4 rings (SSSR count). The summed E-state index contributed by atoms with van der Waals surface area (Å²) >= 11 is 1.16. The fourth-order valence-corrected chi connectivity index (χ4v) is 5.48. The topological polar surface area (TPSA) is 111 Å². The van der Waals surface area contributed by atoms with Crippen molar-refractivity contribution in [1.82, 2.24) is 4.90 Å². The second-order valence-corrected chi connectivity index (χ2v) is 9.19. The van der Waals surface area contributed by atoms with Crippen LogP contribution in [0.15, 0.2) is 18.2 Å². The van der Waals surface area contributed by atoms with Crippen molar-refractivity contribution in [3.8, 4) is 21.9 Å². The minimum Gasteiger partial charge on any atom is -0.493 e. The number of methoxy groups -OCH3 is 2. The molecular weight excluding hydrogens is 460 g/mol. The van der Waals surface area contributed by atoms with E-state index in [-0.39, 0.29) is 36.1 Å². The van der Waals surface area contributed by atoms with E-state index in [0.717, 1.165) is 41.9 Å². The van der Waals surface area contributed by atoms with Crippen molar-refractivity contribution in [2.45, 2.75) is 45.1 Å². The molecule has 0 spiro atoms. The molecule has 34 heavy (non-hydrogen) atoms. The summed E-state index contributed by atoms with van der Waals surface area (Å²) in [6, 6.07) is 5.36. The summed E-state index contributed by atoms with van der Waals surface area (Å²) in [7, 11) is 2.81. The van der Waals surface area contributed by atoms with Crippen LogP contribution < -0.4 is 14.8 Å². The highest BCUT2D eigenvalue weighted by Crippen LogP contribution is 2.46. The van der Waals surface area contributed by atoms with E-state index in [1.165, 1.54) is 14.0 Å². The van der Waals surface area contributed by atoms with Gasteiger partial charge < -0.3 is 19.5 Å². The molecule has 0 atom stereocenters. The molecule has 0 bridgehead atoms.